The second-order valence-corrected chi connectivity index (χ2v) is 15.7. The van der Waals surface area contributed by atoms with Gasteiger partial charge in [-0.15, -0.1) is 0 Å². The number of carbonyl (C=O) groups excluding carboxylic acids is 2. The molecule has 0 bridgehead atoms. The van der Waals surface area contributed by atoms with Crippen LogP contribution < -0.4 is 5.32 Å². The minimum absolute atomic E-state index is 0.0177. The molecule has 0 aliphatic heterocycles. The molecular formula is C33H49NO7. The van der Waals surface area contributed by atoms with Crippen LogP contribution in [0.5, 0.6) is 0 Å². The zero-order valence-corrected chi connectivity index (χ0v) is 25.9. The maximum absolute atomic E-state index is 14.5. The lowest BCUT2D eigenvalue weighted by atomic mass is 9.33. The summed E-state index contributed by atoms with van der Waals surface area (Å²) in [5, 5.41) is 24.0. The topological polar surface area (TPSA) is 130 Å². The summed E-state index contributed by atoms with van der Waals surface area (Å²) in [7, 11) is 1.32. The molecule has 0 amide bonds. The van der Waals surface area contributed by atoms with E-state index in [2.05, 4.69) is 33.0 Å². The van der Waals surface area contributed by atoms with E-state index in [4.69, 9.17) is 4.74 Å². The smallest absolute Gasteiger partial charge is 0.319 e. The summed E-state index contributed by atoms with van der Waals surface area (Å²) in [5.74, 6) is -2.50. The number of methoxy groups -OCH3 is 1. The van der Waals surface area contributed by atoms with Crippen LogP contribution >= 0.6 is 0 Å². The van der Waals surface area contributed by atoms with Gasteiger partial charge in [0.05, 0.1) is 24.5 Å². The molecule has 8 nitrogen and oxygen atoms in total. The van der Waals surface area contributed by atoms with Crippen LogP contribution in [-0.4, -0.2) is 53.6 Å². The van der Waals surface area contributed by atoms with Gasteiger partial charge < -0.3 is 20.3 Å². The maximum Gasteiger partial charge on any atom is 0.319 e. The number of carboxylic acids is 2. The molecule has 10 atom stereocenters. The Morgan fingerprint density at radius 3 is 2.20 bits per heavy atom. The van der Waals surface area contributed by atoms with Gasteiger partial charge in [0, 0.05) is 12.0 Å². The van der Waals surface area contributed by atoms with Gasteiger partial charge in [-0.1, -0.05) is 33.3 Å². The molecule has 228 valence electrons. The Balaban J connectivity index is 1.56. The van der Waals surface area contributed by atoms with Crippen LogP contribution in [0.3, 0.4) is 0 Å². The molecule has 0 radical (unpaired) electrons. The fraction of sp³-hybridized carbons (Fsp3) is 0.818. The third-order valence-electron chi connectivity index (χ3n) is 14.0. The number of hydrogen-bond donors (Lipinski definition) is 3. The van der Waals surface area contributed by atoms with Crippen molar-refractivity contribution < 1.29 is 34.1 Å². The predicted octanol–water partition coefficient (Wildman–Crippen LogP) is 5.25. The van der Waals surface area contributed by atoms with Gasteiger partial charge in [0.1, 0.15) is 0 Å². The minimum Gasteiger partial charge on any atom is -0.481 e. The summed E-state index contributed by atoms with van der Waals surface area (Å²) in [5.41, 5.74) is -1.95. The molecule has 8 heteroatoms. The Morgan fingerprint density at radius 2 is 1.59 bits per heavy atom. The molecule has 41 heavy (non-hydrogen) atoms. The van der Waals surface area contributed by atoms with Crippen LogP contribution in [0.25, 0.3) is 0 Å². The Bertz CT molecular complexity index is 1210. The van der Waals surface area contributed by atoms with Gasteiger partial charge in [0.25, 0.3) is 0 Å². The number of carbonyl (C=O) groups is 4. The largest absolute Gasteiger partial charge is 0.481 e. The normalized spacial score (nSPS) is 49.0. The lowest BCUT2D eigenvalue weighted by Crippen LogP contribution is -2.69. The molecule has 4 fully saturated rings. The van der Waals surface area contributed by atoms with Gasteiger partial charge in [-0.05, 0) is 111 Å². The molecule has 0 aromatic rings. The van der Waals surface area contributed by atoms with E-state index >= 15 is 0 Å². The molecule has 3 N–H and O–H groups in total. The van der Waals surface area contributed by atoms with Gasteiger partial charge in [-0.3, -0.25) is 19.2 Å². The summed E-state index contributed by atoms with van der Waals surface area (Å²) in [6, 6.07) is -0.409. The molecule has 5 rings (SSSR count). The Labute approximate surface area is 244 Å². The monoisotopic (exact) mass is 571 g/mol. The number of ether oxygens (including phenoxy) is 1. The van der Waals surface area contributed by atoms with E-state index in [1.165, 1.54) is 7.11 Å². The van der Waals surface area contributed by atoms with Gasteiger partial charge >= 0.3 is 17.9 Å². The van der Waals surface area contributed by atoms with Crippen LogP contribution in [0.15, 0.2) is 11.6 Å². The average Bonchev–Trinajstić information content (AvgIpc) is 2.89. The zero-order valence-electron chi connectivity index (χ0n) is 25.9. The fourth-order valence-corrected chi connectivity index (χ4v) is 11.0. The number of fused-ring (bicyclic) bond motifs is 7. The van der Waals surface area contributed by atoms with Crippen molar-refractivity contribution in [2.45, 2.75) is 105 Å². The van der Waals surface area contributed by atoms with Crippen molar-refractivity contribution in [3.8, 4) is 0 Å². The van der Waals surface area contributed by atoms with Gasteiger partial charge in [0.15, 0.2) is 5.78 Å². The van der Waals surface area contributed by atoms with Crippen molar-refractivity contribution in [2.75, 3.05) is 13.7 Å². The van der Waals surface area contributed by atoms with E-state index < -0.39 is 40.2 Å². The first-order chi connectivity index (χ1) is 18.9. The fourth-order valence-electron chi connectivity index (χ4n) is 11.0. The second kappa shape index (κ2) is 9.39. The summed E-state index contributed by atoms with van der Waals surface area (Å²) in [6.07, 6.45) is 8.59. The van der Waals surface area contributed by atoms with E-state index in [1.807, 2.05) is 13.0 Å². The summed E-state index contributed by atoms with van der Waals surface area (Å²) < 4.78 is 4.79. The summed E-state index contributed by atoms with van der Waals surface area (Å²) in [4.78, 5) is 51.7. The molecule has 0 spiro atoms. The first-order valence-electron chi connectivity index (χ1n) is 15.5. The average molecular weight is 572 g/mol. The maximum atomic E-state index is 14.5. The lowest BCUT2D eigenvalue weighted by Gasteiger charge is -2.70. The van der Waals surface area contributed by atoms with Crippen LogP contribution in [-0.2, 0) is 23.9 Å². The number of nitrogens with one attached hydrogen (secondary N) is 1. The number of hydrogen-bond acceptors (Lipinski definition) is 6. The molecule has 0 unspecified atom stereocenters. The van der Waals surface area contributed by atoms with Crippen molar-refractivity contribution in [3.05, 3.63) is 11.6 Å². The molecule has 0 aromatic heterocycles. The molecule has 5 aliphatic rings. The molecule has 5 aliphatic carbocycles. The highest BCUT2D eigenvalue weighted by molar-refractivity contribution is 5.96. The molecular weight excluding hydrogens is 522 g/mol. The first-order valence-corrected chi connectivity index (χ1v) is 15.5. The Morgan fingerprint density at radius 1 is 0.927 bits per heavy atom. The predicted molar refractivity (Wildman–Crippen MR) is 153 cm³/mol. The van der Waals surface area contributed by atoms with E-state index in [1.54, 1.807) is 6.92 Å². The molecule has 4 saturated carbocycles. The molecule has 0 heterocycles. The van der Waals surface area contributed by atoms with Crippen LogP contribution in [0.2, 0.25) is 0 Å². The highest BCUT2D eigenvalue weighted by Gasteiger charge is 2.71. The third kappa shape index (κ3) is 3.94. The number of aliphatic carboxylic acids is 2. The third-order valence-corrected chi connectivity index (χ3v) is 14.0. The van der Waals surface area contributed by atoms with Gasteiger partial charge in [-0.25, -0.2) is 0 Å². The summed E-state index contributed by atoms with van der Waals surface area (Å²) in [6.45, 7) is 12.6. The lowest BCUT2D eigenvalue weighted by molar-refractivity contribution is -0.201. The minimum atomic E-state index is -1.15. The Kier molecular flexibility index (Phi) is 6.93. The quantitative estimate of drug-likeness (QED) is 0.382. The van der Waals surface area contributed by atoms with Gasteiger partial charge in [0.2, 0.25) is 0 Å². The highest BCUT2D eigenvalue weighted by atomic mass is 16.5. The number of carboxylic acid groups (broad SMARTS) is 2. The van der Waals surface area contributed by atoms with E-state index in [0.29, 0.717) is 32.1 Å². The number of ketones is 1. The number of esters is 1. The summed E-state index contributed by atoms with van der Waals surface area (Å²) >= 11 is 0. The SMILES string of the molecule is COC(=O)CN[C@H]1CC[C@@]2(C)[C@@H](CC[C@]3(C)[C@@H]2C(=O)C=C2[C@@H]4C[C@@](C)(C(=O)O)CC[C@]4(C)CC[C@]23C)[C@]1(C)C(=O)O. The van der Waals surface area contributed by atoms with Crippen LogP contribution in [0, 0.1) is 50.2 Å². The van der Waals surface area contributed by atoms with Crippen molar-refractivity contribution in [1.82, 2.24) is 5.32 Å². The van der Waals surface area contributed by atoms with E-state index in [0.717, 1.165) is 31.3 Å². The van der Waals surface area contributed by atoms with Crippen LogP contribution in [0.1, 0.15) is 99.3 Å². The first kappa shape index (κ1) is 30.2. The van der Waals surface area contributed by atoms with Crippen molar-refractivity contribution in [3.63, 3.8) is 0 Å². The number of rotatable bonds is 5. The van der Waals surface area contributed by atoms with Gasteiger partial charge in [-0.2, -0.15) is 0 Å². The van der Waals surface area contributed by atoms with Crippen LogP contribution in [0.4, 0.5) is 0 Å². The van der Waals surface area contributed by atoms with Crippen molar-refractivity contribution >= 4 is 23.7 Å². The number of allylic oxidation sites excluding steroid dienone is 2. The zero-order chi connectivity index (χ0) is 30.4. The van der Waals surface area contributed by atoms with E-state index in [-0.39, 0.29) is 46.3 Å². The second-order valence-electron chi connectivity index (χ2n) is 15.7. The molecule has 0 saturated heterocycles. The standard InChI is InChI=1S/C33H49NO7/c1-28-12-13-29(2,26(37)38)17-20(28)19-16-21(35)25-30(3)10-9-23(34-18-24(36)41-7)33(6,27(39)40)22(30)8-11-32(25,5)31(19,4)15-14-28/h16,20,22-23,25,34H,8-15,17-18H2,1-7H3,(H,37,38)(H,39,40)/t20-,22+,23-,25+,28+,29-,30-,31+,32+,33-/m0/s1. The Hall–Kier alpha value is -2.22. The van der Waals surface area contributed by atoms with E-state index in [9.17, 15) is 29.4 Å². The highest BCUT2D eigenvalue weighted by Crippen LogP contribution is 2.75. The molecule has 0 aromatic carbocycles. The van der Waals surface area contributed by atoms with Crippen molar-refractivity contribution in [1.29, 1.82) is 0 Å². The van der Waals surface area contributed by atoms with Crippen molar-refractivity contribution in [2.24, 2.45) is 50.2 Å².